The molecule has 0 aromatic carbocycles. The molecule has 6 heteroatoms. The summed E-state index contributed by atoms with van der Waals surface area (Å²) in [5.74, 6) is -0.372. The van der Waals surface area contributed by atoms with Crippen molar-refractivity contribution in [1.82, 2.24) is 0 Å². The van der Waals surface area contributed by atoms with Gasteiger partial charge in [-0.05, 0) is 50.2 Å². The maximum atomic E-state index is 11.5. The molecule has 1 rings (SSSR count). The number of aliphatic hydroxyl groups excluding tert-OH is 1. The molecule has 0 aromatic heterocycles. The SMILES string of the molecule is CC(=O)OC/C=C1\CC[C@@H](OC(C)=O)C(C)(CCCC(C)CO)OC1. The lowest BCUT2D eigenvalue weighted by Crippen LogP contribution is -2.43. The first-order valence-electron chi connectivity index (χ1n) is 9.00. The van der Waals surface area contributed by atoms with Gasteiger partial charge in [-0.15, -0.1) is 0 Å². The van der Waals surface area contributed by atoms with Crippen LogP contribution in [0.4, 0.5) is 0 Å². The molecule has 6 nitrogen and oxygen atoms in total. The molecule has 0 aromatic rings. The van der Waals surface area contributed by atoms with Crippen molar-refractivity contribution in [2.75, 3.05) is 19.8 Å². The van der Waals surface area contributed by atoms with E-state index in [2.05, 4.69) is 0 Å². The van der Waals surface area contributed by atoms with Crippen LogP contribution in [0, 0.1) is 5.92 Å². The van der Waals surface area contributed by atoms with Crippen molar-refractivity contribution in [1.29, 1.82) is 0 Å². The van der Waals surface area contributed by atoms with Crippen LogP contribution in [-0.4, -0.2) is 48.6 Å². The monoisotopic (exact) mass is 356 g/mol. The molecule has 3 atom stereocenters. The van der Waals surface area contributed by atoms with Gasteiger partial charge in [-0.3, -0.25) is 9.59 Å². The van der Waals surface area contributed by atoms with Crippen molar-refractivity contribution in [2.45, 2.75) is 71.5 Å². The smallest absolute Gasteiger partial charge is 0.303 e. The van der Waals surface area contributed by atoms with E-state index in [9.17, 15) is 9.59 Å². The number of ether oxygens (including phenoxy) is 3. The summed E-state index contributed by atoms with van der Waals surface area (Å²) < 4.78 is 16.6. The maximum absolute atomic E-state index is 11.5. The van der Waals surface area contributed by atoms with Crippen molar-refractivity contribution < 1.29 is 28.9 Å². The topological polar surface area (TPSA) is 82.1 Å². The summed E-state index contributed by atoms with van der Waals surface area (Å²) in [7, 11) is 0. The minimum Gasteiger partial charge on any atom is -0.462 e. The van der Waals surface area contributed by atoms with Crippen LogP contribution in [0.3, 0.4) is 0 Å². The molecule has 0 amide bonds. The summed E-state index contributed by atoms with van der Waals surface area (Å²) in [5, 5.41) is 9.16. The quantitative estimate of drug-likeness (QED) is 0.532. The first kappa shape index (κ1) is 21.6. The van der Waals surface area contributed by atoms with Gasteiger partial charge in [-0.25, -0.2) is 0 Å². The average molecular weight is 356 g/mol. The fourth-order valence-electron chi connectivity index (χ4n) is 2.99. The molecular formula is C19H32O6. The molecule has 1 fully saturated rings. The molecule has 1 aliphatic heterocycles. The second-order valence-electron chi connectivity index (χ2n) is 7.08. The Morgan fingerprint density at radius 3 is 2.72 bits per heavy atom. The largest absolute Gasteiger partial charge is 0.462 e. The third kappa shape index (κ3) is 8.01. The highest BCUT2D eigenvalue weighted by molar-refractivity contribution is 5.66. The number of hydrogen-bond acceptors (Lipinski definition) is 6. The molecule has 0 spiro atoms. The third-order valence-electron chi connectivity index (χ3n) is 4.64. The van der Waals surface area contributed by atoms with Gasteiger partial charge < -0.3 is 19.3 Å². The van der Waals surface area contributed by atoms with Gasteiger partial charge in [0.15, 0.2) is 0 Å². The highest BCUT2D eigenvalue weighted by Crippen LogP contribution is 2.33. The predicted octanol–water partition coefficient (Wildman–Crippen LogP) is 2.78. The fourth-order valence-corrected chi connectivity index (χ4v) is 2.99. The number of hydrogen-bond donors (Lipinski definition) is 1. The molecule has 0 aliphatic carbocycles. The molecule has 0 radical (unpaired) electrons. The number of aliphatic hydroxyl groups is 1. The first-order valence-corrected chi connectivity index (χ1v) is 9.00. The standard InChI is InChI=1S/C19H32O6/c1-14(12-20)6-5-10-19(4)18(25-16(3)22)8-7-17(13-24-19)9-11-23-15(2)21/h9,14,18,20H,5-8,10-13H2,1-4H3/b17-9+/t14?,18-,19?/m1/s1. The van der Waals surface area contributed by atoms with E-state index in [0.29, 0.717) is 13.0 Å². The zero-order valence-corrected chi connectivity index (χ0v) is 15.9. The van der Waals surface area contributed by atoms with Gasteiger partial charge in [0.25, 0.3) is 0 Å². The summed E-state index contributed by atoms with van der Waals surface area (Å²) >= 11 is 0. The van der Waals surface area contributed by atoms with Crippen molar-refractivity contribution in [3.8, 4) is 0 Å². The van der Waals surface area contributed by atoms with Crippen LogP contribution in [0.5, 0.6) is 0 Å². The van der Waals surface area contributed by atoms with E-state index in [-0.39, 0.29) is 37.2 Å². The molecule has 0 bridgehead atoms. The normalized spacial score (nSPS) is 26.8. The zero-order valence-electron chi connectivity index (χ0n) is 15.9. The van der Waals surface area contributed by atoms with Crippen LogP contribution in [0.2, 0.25) is 0 Å². The number of carbonyl (C=O) groups is 2. The van der Waals surface area contributed by atoms with Gasteiger partial charge in [-0.2, -0.15) is 0 Å². The molecule has 1 aliphatic rings. The van der Waals surface area contributed by atoms with Crippen molar-refractivity contribution in [3.05, 3.63) is 11.6 Å². The van der Waals surface area contributed by atoms with Gasteiger partial charge in [0.1, 0.15) is 18.3 Å². The van der Waals surface area contributed by atoms with Gasteiger partial charge in [0, 0.05) is 20.5 Å². The Labute approximate surface area is 150 Å². The zero-order chi connectivity index (χ0) is 18.9. The molecule has 1 saturated heterocycles. The van der Waals surface area contributed by atoms with Crippen LogP contribution < -0.4 is 0 Å². The van der Waals surface area contributed by atoms with E-state index in [1.165, 1.54) is 13.8 Å². The van der Waals surface area contributed by atoms with Gasteiger partial charge in [-0.1, -0.05) is 13.3 Å². The van der Waals surface area contributed by atoms with Crippen LogP contribution in [0.1, 0.15) is 59.8 Å². The third-order valence-corrected chi connectivity index (χ3v) is 4.64. The lowest BCUT2D eigenvalue weighted by molar-refractivity contribution is -0.167. The second kappa shape index (κ2) is 10.6. The highest BCUT2D eigenvalue weighted by Gasteiger charge is 2.39. The minimum absolute atomic E-state index is 0.175. The lowest BCUT2D eigenvalue weighted by atomic mass is 9.88. The summed E-state index contributed by atoms with van der Waals surface area (Å²) in [6.07, 6.45) is 5.52. The van der Waals surface area contributed by atoms with E-state index >= 15 is 0 Å². The van der Waals surface area contributed by atoms with Crippen LogP contribution in [-0.2, 0) is 23.8 Å². The molecule has 1 N–H and O–H groups in total. The van der Waals surface area contributed by atoms with Crippen molar-refractivity contribution >= 4 is 11.9 Å². The van der Waals surface area contributed by atoms with E-state index in [1.807, 2.05) is 19.9 Å². The Hall–Kier alpha value is -1.40. The van der Waals surface area contributed by atoms with Crippen LogP contribution in [0.25, 0.3) is 0 Å². The molecular weight excluding hydrogens is 324 g/mol. The van der Waals surface area contributed by atoms with Crippen LogP contribution in [0.15, 0.2) is 11.6 Å². The second-order valence-corrected chi connectivity index (χ2v) is 7.08. The lowest BCUT2D eigenvalue weighted by Gasteiger charge is -2.35. The summed E-state index contributed by atoms with van der Waals surface area (Å²) in [6.45, 7) is 7.63. The first-order chi connectivity index (χ1) is 11.8. The van der Waals surface area contributed by atoms with E-state index in [4.69, 9.17) is 19.3 Å². The Morgan fingerprint density at radius 1 is 1.40 bits per heavy atom. The Kier molecular flexibility index (Phi) is 9.14. The Bertz CT molecular complexity index is 473. The average Bonchev–Trinajstić information content (AvgIpc) is 2.68. The number of esters is 2. The van der Waals surface area contributed by atoms with Gasteiger partial charge >= 0.3 is 11.9 Å². The Balaban J connectivity index is 2.73. The van der Waals surface area contributed by atoms with Gasteiger partial charge in [0.2, 0.25) is 0 Å². The molecule has 1 heterocycles. The van der Waals surface area contributed by atoms with E-state index in [0.717, 1.165) is 31.3 Å². The molecule has 144 valence electrons. The van der Waals surface area contributed by atoms with Crippen molar-refractivity contribution in [3.63, 3.8) is 0 Å². The van der Waals surface area contributed by atoms with Crippen LogP contribution >= 0.6 is 0 Å². The van der Waals surface area contributed by atoms with E-state index < -0.39 is 5.60 Å². The summed E-state index contributed by atoms with van der Waals surface area (Å²) in [4.78, 5) is 22.4. The maximum Gasteiger partial charge on any atom is 0.303 e. The predicted molar refractivity (Wildman–Crippen MR) is 94.0 cm³/mol. The molecule has 0 saturated carbocycles. The number of rotatable bonds is 8. The molecule has 25 heavy (non-hydrogen) atoms. The minimum atomic E-state index is -0.558. The Morgan fingerprint density at radius 2 is 2.12 bits per heavy atom. The van der Waals surface area contributed by atoms with E-state index in [1.54, 1.807) is 0 Å². The molecule has 2 unspecified atom stereocenters. The summed E-state index contributed by atoms with van der Waals surface area (Å²) in [5.41, 5.74) is 0.489. The summed E-state index contributed by atoms with van der Waals surface area (Å²) in [6, 6.07) is 0. The highest BCUT2D eigenvalue weighted by atomic mass is 16.6. The van der Waals surface area contributed by atoms with Gasteiger partial charge in [0.05, 0.1) is 6.61 Å². The number of carbonyl (C=O) groups excluding carboxylic acids is 2. The van der Waals surface area contributed by atoms with Crippen molar-refractivity contribution in [2.24, 2.45) is 5.92 Å². The fraction of sp³-hybridized carbons (Fsp3) is 0.789.